The Morgan fingerprint density at radius 3 is 1.18 bits per heavy atom. The summed E-state index contributed by atoms with van der Waals surface area (Å²) in [5.74, 6) is -7.71. The van der Waals surface area contributed by atoms with Gasteiger partial charge in [-0.05, 0) is 189 Å². The van der Waals surface area contributed by atoms with Crippen molar-refractivity contribution in [3.8, 4) is 22.5 Å². The van der Waals surface area contributed by atoms with E-state index in [-0.39, 0.29) is 147 Å². The Morgan fingerprint density at radius 1 is 0.429 bits per heavy atom. The normalized spacial score (nSPS) is 18.6. The Labute approximate surface area is 850 Å². The fourth-order valence-corrected chi connectivity index (χ4v) is 20.0. The monoisotopic (exact) mass is 2020 g/mol. The summed E-state index contributed by atoms with van der Waals surface area (Å²) in [5, 5.41) is 28.5. The number of fused-ring (bicyclic) bond motifs is 4. The van der Waals surface area contributed by atoms with Gasteiger partial charge in [0.2, 0.25) is 23.6 Å². The summed E-state index contributed by atoms with van der Waals surface area (Å²) in [7, 11) is 0. The molecule has 2 aromatic carbocycles. The highest BCUT2D eigenvalue weighted by Crippen LogP contribution is 2.45. The molecule has 15 heterocycles. The Kier molecular flexibility index (Phi) is 28.3. The summed E-state index contributed by atoms with van der Waals surface area (Å²) in [6.07, 6.45) is 14.1. The molecule has 2 N–H and O–H groups in total. The van der Waals surface area contributed by atoms with E-state index < -0.39 is 34.0 Å². The maximum atomic E-state index is 14.4. The van der Waals surface area contributed by atoms with E-state index in [0.717, 1.165) is 45.0 Å². The molecule has 0 bridgehead atoms. The van der Waals surface area contributed by atoms with Gasteiger partial charge < -0.3 is 39.6 Å². The zero-order valence-electron chi connectivity index (χ0n) is 88.0. The van der Waals surface area contributed by atoms with Gasteiger partial charge in [0.15, 0.2) is 22.6 Å². The van der Waals surface area contributed by atoms with E-state index in [0.29, 0.717) is 160 Å². The first kappa shape index (κ1) is 106. The van der Waals surface area contributed by atoms with Crippen LogP contribution < -0.4 is 5.32 Å². The lowest BCUT2D eigenvalue weighted by atomic mass is 9.82. The molecule has 8 amide bonds. The number of aromatic amines is 1. The first-order chi connectivity index (χ1) is 68.7. The summed E-state index contributed by atoms with van der Waals surface area (Å²) >= 11 is 0. The van der Waals surface area contributed by atoms with Crippen LogP contribution in [0.25, 0.3) is 45.1 Å². The number of piperazine rings is 4. The number of carbonyl (C=O) groups excluding carboxylic acids is 8. The summed E-state index contributed by atoms with van der Waals surface area (Å²) in [6.45, 7) is 48.9. The third-order valence-corrected chi connectivity index (χ3v) is 28.9. The standard InChI is InChI=1S/C29H34FN7O2.C29H32FN7O2.C27H34F2N6O2.C23H31F2N5O2/c1-17-8-9-19(13-21(17)30)22-14-20(28(3,4)5)25-31-24(15-37(25)34-22)27(39)36-11-10-35(16-29(36,6)7)26(38)23-12-18(2)32-33-23;1-18-8-9-19(14-21(18)30)22-15-20(28(2,3)4)25-33-23(16-37(25)34-22)26(38)36-13-12-35(17-29(36,5)6)27(39)24-31-10-7-11-32-24;1-25(2,3)19-14-20(17-6-9-27(28,29)10-7-17)32-35-16-21(31-22(19)35)23(36)34-13-12-33(18-8-11-30-15-18)24(37)26(34,4)5;1-21(2,3)15-12-16(14-6-8-23(24,25)9-7-14)28-30-13-17(27-18(15)30)19(31)29-11-10-26-20(32)22(29,4)5/h8-9,12-15H,10-11,16H2,1-7H3,(H,32,33);7-11,14-16H,12-13,17H2,1-6H3;8,14-17H,6-7,9-13H2,1-5H3;12-14H,6-11H2,1-5H3,(H,26,32). The quantitative estimate of drug-likeness (QED) is 0.114. The number of amides is 8. The van der Waals surface area contributed by atoms with Gasteiger partial charge in [0.25, 0.3) is 41.4 Å². The van der Waals surface area contributed by atoms with Crippen LogP contribution in [-0.4, -0.2) is 272 Å². The molecule has 778 valence electrons. The summed E-state index contributed by atoms with van der Waals surface area (Å²) in [4.78, 5) is 149. The van der Waals surface area contributed by atoms with E-state index in [4.69, 9.17) is 25.3 Å². The van der Waals surface area contributed by atoms with Crippen molar-refractivity contribution in [1.29, 1.82) is 0 Å². The van der Waals surface area contributed by atoms with Crippen LogP contribution in [0.15, 0.2) is 127 Å². The number of halogens is 6. The van der Waals surface area contributed by atoms with E-state index in [2.05, 4.69) is 129 Å². The Morgan fingerprint density at radius 2 is 0.810 bits per heavy atom. The second-order valence-corrected chi connectivity index (χ2v) is 46.0. The lowest BCUT2D eigenvalue weighted by molar-refractivity contribution is -0.143. The van der Waals surface area contributed by atoms with E-state index in [1.165, 1.54) is 29.4 Å². The number of imidazole rings is 4. The molecule has 0 radical (unpaired) electrons. The zero-order chi connectivity index (χ0) is 107. The van der Waals surface area contributed by atoms with Crippen LogP contribution >= 0.6 is 0 Å². The molecule has 0 atom stereocenters. The van der Waals surface area contributed by atoms with Gasteiger partial charge in [0, 0.05) is 161 Å². The van der Waals surface area contributed by atoms with Crippen LogP contribution in [0, 0.1) is 32.4 Å². The lowest BCUT2D eigenvalue weighted by Crippen LogP contribution is -2.64. The number of aryl methyl sites for hydroxylation is 3. The van der Waals surface area contributed by atoms with Gasteiger partial charge in [-0.2, -0.15) is 25.5 Å². The number of allylic oxidation sites excluding steroid dienone is 1. The number of hydrogen-bond donors (Lipinski definition) is 2. The Bertz CT molecular complexity index is 7220. The molecule has 33 nitrogen and oxygen atoms in total. The predicted molar refractivity (Wildman–Crippen MR) is 543 cm³/mol. The Hall–Kier alpha value is -14.0. The van der Waals surface area contributed by atoms with Crippen molar-refractivity contribution >= 4 is 76.1 Å². The molecular formula is C108H131F6N25O8. The van der Waals surface area contributed by atoms with E-state index in [1.807, 2.05) is 77.1 Å². The van der Waals surface area contributed by atoms with Gasteiger partial charge in [0.1, 0.15) is 51.2 Å². The molecule has 7 aliphatic rings. The van der Waals surface area contributed by atoms with E-state index >= 15 is 0 Å². The zero-order valence-corrected chi connectivity index (χ0v) is 88.0. The second-order valence-electron chi connectivity index (χ2n) is 46.0. The highest BCUT2D eigenvalue weighted by Gasteiger charge is 2.49. The fraction of sp³-hybridized carbons (Fsp3) is 0.500. The van der Waals surface area contributed by atoms with Gasteiger partial charge in [-0.3, -0.25) is 48.4 Å². The van der Waals surface area contributed by atoms with Crippen LogP contribution in [-0.2, 0) is 31.2 Å². The van der Waals surface area contributed by atoms with Crippen molar-refractivity contribution in [3.05, 3.63) is 218 Å². The number of aliphatic imine (C=N–C) groups is 1. The average Bonchev–Trinajstić information content (AvgIpc) is 1.61. The highest BCUT2D eigenvalue weighted by atomic mass is 19.3. The number of alkyl halides is 4. The van der Waals surface area contributed by atoms with Gasteiger partial charge >= 0.3 is 0 Å². The number of nitrogens with zero attached hydrogens (tertiary/aromatic N) is 23. The van der Waals surface area contributed by atoms with Crippen LogP contribution in [0.2, 0.25) is 0 Å². The number of benzene rings is 2. The number of rotatable bonds is 11. The van der Waals surface area contributed by atoms with Crippen LogP contribution in [0.5, 0.6) is 0 Å². The molecule has 6 fully saturated rings. The van der Waals surface area contributed by atoms with E-state index in [1.54, 1.807) is 144 Å². The average molecular weight is 2020 g/mol. The number of H-pyrrole nitrogens is 1. The summed E-state index contributed by atoms with van der Waals surface area (Å²) < 4.78 is 90.0. The first-order valence-corrected chi connectivity index (χ1v) is 50.0. The topological polar surface area (TPSA) is 359 Å². The molecule has 5 aliphatic heterocycles. The third kappa shape index (κ3) is 21.9. The SMILES string of the molecule is CC(C)(C)c1cc(C2CCC(F)(F)CC2)nn2cc(C(=O)N3CCN(C4=CCN=C4)C(=O)C3(C)C)nc12.CC(C)(C)c1cc(C2CCC(F)(F)CC2)nn2cc(C(=O)N3CCNC(=O)C3(C)C)nc12.Cc1cc(C(=O)N2CCN(C(=O)c3cn4nc(-c5ccc(C)c(F)c5)cc(C(C)(C)C)c4n3)C(C)(C)C2)n[nH]1.Cc1ccc(-c2cc(C(C)(C)C)c3nc(C(=O)N4CCN(C(=O)c5ncccn5)CC4(C)C)cn3n2)cc1F. The van der Waals surface area contributed by atoms with Crippen molar-refractivity contribution in [1.82, 2.24) is 118 Å². The maximum absolute atomic E-state index is 14.4. The molecule has 19 rings (SSSR count). The molecule has 4 saturated heterocycles. The van der Waals surface area contributed by atoms with Gasteiger partial charge in [0.05, 0.1) is 70.9 Å². The van der Waals surface area contributed by atoms with Crippen molar-refractivity contribution in [2.75, 3.05) is 72.0 Å². The lowest BCUT2D eigenvalue weighted by Gasteiger charge is -2.46. The van der Waals surface area contributed by atoms with Crippen molar-refractivity contribution < 1.29 is 64.7 Å². The molecule has 0 spiro atoms. The molecule has 39 heteroatoms. The fourth-order valence-electron chi connectivity index (χ4n) is 20.0. The van der Waals surface area contributed by atoms with Crippen molar-refractivity contribution in [2.45, 2.75) is 278 Å². The first-order valence-electron chi connectivity index (χ1n) is 50.0. The van der Waals surface area contributed by atoms with Gasteiger partial charge in [-0.1, -0.05) is 107 Å². The van der Waals surface area contributed by atoms with Crippen molar-refractivity contribution in [3.63, 3.8) is 0 Å². The van der Waals surface area contributed by atoms with Crippen LogP contribution in [0.3, 0.4) is 0 Å². The summed E-state index contributed by atoms with van der Waals surface area (Å²) in [5.41, 5.74) is 9.44. The third-order valence-electron chi connectivity index (χ3n) is 28.9. The number of hydrogen-bond acceptors (Lipinski definition) is 20. The number of carbonyl (C=O) groups is 8. The van der Waals surface area contributed by atoms with Crippen LogP contribution in [0.1, 0.15) is 315 Å². The predicted octanol–water partition coefficient (Wildman–Crippen LogP) is 16.9. The molecule has 0 unspecified atom stereocenters. The van der Waals surface area contributed by atoms with E-state index in [9.17, 15) is 64.7 Å². The molecule has 147 heavy (non-hydrogen) atoms. The van der Waals surface area contributed by atoms with Crippen LogP contribution in [0.4, 0.5) is 26.3 Å². The largest absolute Gasteiger partial charge is 0.352 e. The smallest absolute Gasteiger partial charge is 0.291 e. The molecular weight excluding hydrogens is 1890 g/mol. The molecule has 2 aliphatic carbocycles. The minimum atomic E-state index is -2.61. The van der Waals surface area contributed by atoms with Gasteiger partial charge in [-0.15, -0.1) is 0 Å². The molecule has 10 aromatic heterocycles. The highest BCUT2D eigenvalue weighted by molar-refractivity contribution is 6.02. The minimum Gasteiger partial charge on any atom is -0.352 e. The van der Waals surface area contributed by atoms with Gasteiger partial charge in [-0.25, -0.2) is 74.3 Å². The maximum Gasteiger partial charge on any atom is 0.291 e. The second kappa shape index (κ2) is 39.3. The minimum absolute atomic E-state index is 0.0496. The Balaban J connectivity index is 0.000000140. The number of aromatic nitrogens is 16. The number of nitrogens with one attached hydrogen (secondary N) is 2. The molecule has 2 saturated carbocycles. The van der Waals surface area contributed by atoms with Crippen molar-refractivity contribution in [2.24, 2.45) is 4.99 Å². The molecule has 12 aromatic rings. The summed E-state index contributed by atoms with van der Waals surface area (Å²) in [6, 6.07) is 21.2.